The van der Waals surface area contributed by atoms with E-state index in [0.717, 1.165) is 17.8 Å². The largest absolute Gasteiger partial charge is 0.327 e. The maximum atomic E-state index is 6.20. The second-order valence-corrected chi connectivity index (χ2v) is 5.26. The van der Waals surface area contributed by atoms with E-state index in [-0.39, 0.29) is 0 Å². The standard InChI is InChI=1S/C13H27N/c1-4-11(5-2)9-12-8-10(3)6-7-13(12)14/h10-13H,4-9,14H2,1-3H3. The highest BCUT2D eigenvalue weighted by Gasteiger charge is 2.27. The van der Waals surface area contributed by atoms with Crippen molar-refractivity contribution in [2.24, 2.45) is 23.5 Å². The molecule has 0 aliphatic heterocycles. The van der Waals surface area contributed by atoms with Gasteiger partial charge in [-0.2, -0.15) is 0 Å². The molecule has 0 heterocycles. The van der Waals surface area contributed by atoms with Crippen LogP contribution in [0.1, 0.15) is 59.3 Å². The summed E-state index contributed by atoms with van der Waals surface area (Å²) in [6, 6.07) is 0.492. The molecule has 1 heteroatoms. The smallest absolute Gasteiger partial charge is 0.00674 e. The topological polar surface area (TPSA) is 26.0 Å². The molecule has 14 heavy (non-hydrogen) atoms. The van der Waals surface area contributed by atoms with Gasteiger partial charge in [0, 0.05) is 6.04 Å². The van der Waals surface area contributed by atoms with Gasteiger partial charge in [0.15, 0.2) is 0 Å². The maximum absolute atomic E-state index is 6.20. The summed E-state index contributed by atoms with van der Waals surface area (Å²) in [6.45, 7) is 7.00. The predicted molar refractivity (Wildman–Crippen MR) is 63.2 cm³/mol. The monoisotopic (exact) mass is 197 g/mol. The molecule has 0 aromatic carbocycles. The minimum atomic E-state index is 0.492. The first kappa shape index (κ1) is 12.0. The molecule has 1 aliphatic rings. The Kier molecular flexibility index (Phi) is 4.94. The summed E-state index contributed by atoms with van der Waals surface area (Å²) < 4.78 is 0. The van der Waals surface area contributed by atoms with Gasteiger partial charge < -0.3 is 5.73 Å². The van der Waals surface area contributed by atoms with Gasteiger partial charge in [-0.15, -0.1) is 0 Å². The quantitative estimate of drug-likeness (QED) is 0.732. The zero-order valence-corrected chi connectivity index (χ0v) is 10.1. The maximum Gasteiger partial charge on any atom is 0.00674 e. The highest BCUT2D eigenvalue weighted by atomic mass is 14.7. The Labute approximate surface area is 89.5 Å². The van der Waals surface area contributed by atoms with Crippen LogP contribution in [0.3, 0.4) is 0 Å². The van der Waals surface area contributed by atoms with E-state index in [1.807, 2.05) is 0 Å². The fraction of sp³-hybridized carbons (Fsp3) is 1.00. The highest BCUT2D eigenvalue weighted by Crippen LogP contribution is 2.33. The Balaban J connectivity index is 2.40. The first-order valence-corrected chi connectivity index (χ1v) is 6.42. The van der Waals surface area contributed by atoms with Gasteiger partial charge >= 0.3 is 0 Å². The van der Waals surface area contributed by atoms with Crippen LogP contribution < -0.4 is 5.73 Å². The van der Waals surface area contributed by atoms with E-state index in [9.17, 15) is 0 Å². The molecule has 2 N–H and O–H groups in total. The van der Waals surface area contributed by atoms with Crippen LogP contribution in [-0.2, 0) is 0 Å². The molecule has 3 unspecified atom stereocenters. The van der Waals surface area contributed by atoms with E-state index in [0.29, 0.717) is 6.04 Å². The second-order valence-electron chi connectivity index (χ2n) is 5.26. The van der Waals surface area contributed by atoms with Gasteiger partial charge in [-0.3, -0.25) is 0 Å². The highest BCUT2D eigenvalue weighted by molar-refractivity contribution is 4.82. The lowest BCUT2D eigenvalue weighted by atomic mass is 9.74. The normalized spacial score (nSPS) is 33.6. The SMILES string of the molecule is CCC(CC)CC1CC(C)CCC1N. The number of hydrogen-bond donors (Lipinski definition) is 1. The van der Waals surface area contributed by atoms with Crippen molar-refractivity contribution in [2.75, 3.05) is 0 Å². The van der Waals surface area contributed by atoms with Crippen LogP contribution in [0, 0.1) is 17.8 Å². The van der Waals surface area contributed by atoms with E-state index in [4.69, 9.17) is 5.73 Å². The van der Waals surface area contributed by atoms with Crippen LogP contribution in [0.25, 0.3) is 0 Å². The summed E-state index contributed by atoms with van der Waals surface area (Å²) in [4.78, 5) is 0. The van der Waals surface area contributed by atoms with Crippen LogP contribution >= 0.6 is 0 Å². The Morgan fingerprint density at radius 2 is 1.86 bits per heavy atom. The van der Waals surface area contributed by atoms with Gasteiger partial charge in [-0.1, -0.05) is 33.6 Å². The van der Waals surface area contributed by atoms with E-state index < -0.39 is 0 Å². The lowest BCUT2D eigenvalue weighted by Crippen LogP contribution is -2.36. The Bertz CT molecular complexity index is 151. The summed E-state index contributed by atoms with van der Waals surface area (Å²) in [5.74, 6) is 2.63. The summed E-state index contributed by atoms with van der Waals surface area (Å²) in [5.41, 5.74) is 6.20. The Hall–Kier alpha value is -0.0400. The lowest BCUT2D eigenvalue weighted by molar-refractivity contribution is 0.203. The molecular weight excluding hydrogens is 170 g/mol. The third kappa shape index (κ3) is 3.27. The van der Waals surface area contributed by atoms with Gasteiger partial charge in [0.1, 0.15) is 0 Å². The average molecular weight is 197 g/mol. The van der Waals surface area contributed by atoms with Gasteiger partial charge in [-0.05, 0) is 43.4 Å². The predicted octanol–water partition coefficient (Wildman–Crippen LogP) is 3.58. The number of hydrogen-bond acceptors (Lipinski definition) is 1. The minimum absolute atomic E-state index is 0.492. The van der Waals surface area contributed by atoms with E-state index in [1.165, 1.54) is 38.5 Å². The Morgan fingerprint density at radius 1 is 1.21 bits per heavy atom. The molecule has 1 saturated carbocycles. The first-order chi connectivity index (χ1) is 6.67. The fourth-order valence-electron chi connectivity index (χ4n) is 2.84. The molecule has 0 radical (unpaired) electrons. The molecule has 3 atom stereocenters. The second kappa shape index (κ2) is 5.75. The molecule has 0 aromatic rings. The number of nitrogens with two attached hydrogens (primary N) is 1. The third-order valence-corrected chi connectivity index (χ3v) is 4.09. The van der Waals surface area contributed by atoms with Crippen LogP contribution in [0.15, 0.2) is 0 Å². The molecule has 0 amide bonds. The van der Waals surface area contributed by atoms with Crippen LogP contribution in [0.2, 0.25) is 0 Å². The van der Waals surface area contributed by atoms with Crippen molar-refractivity contribution >= 4 is 0 Å². The number of rotatable bonds is 4. The molecule has 1 rings (SSSR count). The summed E-state index contributed by atoms with van der Waals surface area (Å²) in [7, 11) is 0. The lowest BCUT2D eigenvalue weighted by Gasteiger charge is -2.34. The van der Waals surface area contributed by atoms with Crippen LogP contribution in [-0.4, -0.2) is 6.04 Å². The molecule has 0 spiro atoms. The van der Waals surface area contributed by atoms with Gasteiger partial charge in [0.2, 0.25) is 0 Å². The van der Waals surface area contributed by atoms with Gasteiger partial charge in [-0.25, -0.2) is 0 Å². The van der Waals surface area contributed by atoms with Crippen LogP contribution in [0.4, 0.5) is 0 Å². The third-order valence-electron chi connectivity index (χ3n) is 4.09. The van der Waals surface area contributed by atoms with Crippen molar-refractivity contribution in [1.82, 2.24) is 0 Å². The Morgan fingerprint density at radius 3 is 2.43 bits per heavy atom. The van der Waals surface area contributed by atoms with Gasteiger partial charge in [0.25, 0.3) is 0 Å². The molecule has 0 aromatic heterocycles. The first-order valence-electron chi connectivity index (χ1n) is 6.42. The van der Waals surface area contributed by atoms with E-state index in [1.54, 1.807) is 0 Å². The zero-order valence-electron chi connectivity index (χ0n) is 10.1. The van der Waals surface area contributed by atoms with Crippen molar-refractivity contribution in [2.45, 2.75) is 65.3 Å². The fourth-order valence-corrected chi connectivity index (χ4v) is 2.84. The van der Waals surface area contributed by atoms with Crippen molar-refractivity contribution in [3.05, 3.63) is 0 Å². The van der Waals surface area contributed by atoms with E-state index in [2.05, 4.69) is 20.8 Å². The average Bonchev–Trinajstić information content (AvgIpc) is 2.19. The van der Waals surface area contributed by atoms with Crippen molar-refractivity contribution < 1.29 is 0 Å². The van der Waals surface area contributed by atoms with Gasteiger partial charge in [0.05, 0.1) is 0 Å². The van der Waals surface area contributed by atoms with Crippen LogP contribution in [0.5, 0.6) is 0 Å². The van der Waals surface area contributed by atoms with Crippen molar-refractivity contribution in [1.29, 1.82) is 0 Å². The van der Waals surface area contributed by atoms with Crippen molar-refractivity contribution in [3.63, 3.8) is 0 Å². The summed E-state index contributed by atoms with van der Waals surface area (Å²) >= 11 is 0. The molecule has 0 bridgehead atoms. The molecular formula is C13H27N. The molecule has 84 valence electrons. The molecule has 0 saturated heterocycles. The minimum Gasteiger partial charge on any atom is -0.327 e. The molecule has 1 nitrogen and oxygen atoms in total. The summed E-state index contributed by atoms with van der Waals surface area (Å²) in [5, 5.41) is 0. The summed E-state index contributed by atoms with van der Waals surface area (Å²) in [6.07, 6.45) is 8.00. The van der Waals surface area contributed by atoms with E-state index >= 15 is 0 Å². The molecule has 1 fully saturated rings. The zero-order chi connectivity index (χ0) is 10.6. The van der Waals surface area contributed by atoms with Crippen molar-refractivity contribution in [3.8, 4) is 0 Å². The molecule has 1 aliphatic carbocycles.